The molecule has 0 unspecified atom stereocenters. The highest BCUT2D eigenvalue weighted by molar-refractivity contribution is 6.03. The van der Waals surface area contributed by atoms with Gasteiger partial charge in [-0.25, -0.2) is 0 Å². The number of nitrogens with one attached hydrogen (secondary N) is 3. The summed E-state index contributed by atoms with van der Waals surface area (Å²) in [6.07, 6.45) is 0. The van der Waals surface area contributed by atoms with E-state index in [2.05, 4.69) is 76.8 Å². The Hall–Kier alpha value is -3.93. The second-order valence-electron chi connectivity index (χ2n) is 10.1. The predicted octanol–water partition coefficient (Wildman–Crippen LogP) is 3.68. The minimum absolute atomic E-state index is 0.0238. The molecule has 3 rings (SSSR count). The van der Waals surface area contributed by atoms with Gasteiger partial charge in [-0.2, -0.15) is 9.97 Å². The summed E-state index contributed by atoms with van der Waals surface area (Å²) in [6, 6.07) is 6.59. The summed E-state index contributed by atoms with van der Waals surface area (Å²) in [7, 11) is 4.55. The van der Waals surface area contributed by atoms with Crippen LogP contribution in [0.3, 0.4) is 0 Å². The topological polar surface area (TPSA) is 137 Å². The van der Waals surface area contributed by atoms with Gasteiger partial charge in [0.25, 0.3) is 5.91 Å². The van der Waals surface area contributed by atoms with Gasteiger partial charge in [0.15, 0.2) is 5.69 Å². The summed E-state index contributed by atoms with van der Waals surface area (Å²) in [4.78, 5) is 21.9. The summed E-state index contributed by atoms with van der Waals surface area (Å²) >= 11 is 0. The molecule has 12 heteroatoms. The van der Waals surface area contributed by atoms with Crippen LogP contribution in [0, 0.1) is 6.92 Å². The molecule has 0 bridgehead atoms. The molecule has 206 valence electrons. The Morgan fingerprint density at radius 3 is 2.29 bits per heavy atom. The maximum atomic E-state index is 13.2. The minimum Gasteiger partial charge on any atom is -0.479 e. The van der Waals surface area contributed by atoms with Crippen molar-refractivity contribution in [1.82, 2.24) is 30.0 Å². The number of aryl methyl sites for hydroxylation is 1. The molecule has 0 saturated carbocycles. The lowest BCUT2D eigenvalue weighted by Crippen LogP contribution is -2.28. The molecule has 38 heavy (non-hydrogen) atoms. The van der Waals surface area contributed by atoms with Gasteiger partial charge >= 0.3 is 6.01 Å². The first-order valence-corrected chi connectivity index (χ1v) is 12.4. The zero-order chi connectivity index (χ0) is 28.0. The molecular weight excluding hydrogens is 488 g/mol. The van der Waals surface area contributed by atoms with E-state index in [1.807, 2.05) is 19.1 Å². The molecule has 0 atom stereocenters. The average molecular weight is 527 g/mol. The molecule has 3 N–H and O–H groups in total. The van der Waals surface area contributed by atoms with Crippen molar-refractivity contribution in [3.63, 3.8) is 0 Å². The van der Waals surface area contributed by atoms with Crippen LogP contribution in [0.25, 0.3) is 0 Å². The van der Waals surface area contributed by atoms with Crippen molar-refractivity contribution >= 4 is 17.5 Å². The van der Waals surface area contributed by atoms with E-state index in [1.54, 1.807) is 7.05 Å². The zero-order valence-corrected chi connectivity index (χ0v) is 23.6. The van der Waals surface area contributed by atoms with Crippen LogP contribution >= 0.6 is 0 Å². The number of amides is 1. The van der Waals surface area contributed by atoms with Crippen LogP contribution in [0.2, 0.25) is 0 Å². The van der Waals surface area contributed by atoms with Gasteiger partial charge in [-0.15, -0.1) is 5.10 Å². The Bertz CT molecular complexity index is 1240. The van der Waals surface area contributed by atoms with Gasteiger partial charge in [0.2, 0.25) is 23.5 Å². The Labute approximate surface area is 223 Å². The monoisotopic (exact) mass is 526 g/mol. The number of rotatable bonds is 11. The number of methoxy groups -OCH3 is 2. The van der Waals surface area contributed by atoms with Gasteiger partial charge in [-0.05, 0) is 29.5 Å². The summed E-state index contributed by atoms with van der Waals surface area (Å²) < 4.78 is 18.3. The van der Waals surface area contributed by atoms with Gasteiger partial charge < -0.3 is 30.2 Å². The first-order valence-electron chi connectivity index (χ1n) is 12.4. The Morgan fingerprint density at radius 2 is 1.71 bits per heavy atom. The quantitative estimate of drug-likeness (QED) is 0.317. The maximum Gasteiger partial charge on any atom is 0.322 e. The number of carbonyl (C=O) groups is 1. The first kappa shape index (κ1) is 28.6. The zero-order valence-electron chi connectivity index (χ0n) is 23.6. The number of aromatic nitrogens is 5. The van der Waals surface area contributed by atoms with Gasteiger partial charge in [-0.1, -0.05) is 51.9 Å². The third-order valence-electron chi connectivity index (χ3n) is 5.72. The van der Waals surface area contributed by atoms with Crippen LogP contribution in [0.5, 0.6) is 23.5 Å². The van der Waals surface area contributed by atoms with E-state index in [0.29, 0.717) is 24.3 Å². The van der Waals surface area contributed by atoms with E-state index in [9.17, 15) is 4.79 Å². The third kappa shape index (κ3) is 6.88. The molecule has 0 radical (unpaired) electrons. The second kappa shape index (κ2) is 12.1. The predicted molar refractivity (Wildman–Crippen MR) is 146 cm³/mol. The Kier molecular flexibility index (Phi) is 9.10. The number of ether oxygens (including phenoxy) is 3. The molecule has 2 heterocycles. The standard InChI is InChI=1S/C26H38N8O4/c1-15(2)27-12-13-28-24-30-22(36-8)19(23(31-24)37-9)29-21(35)20-32-33-25(34(20)7)38-18-14-17(26(4,5)6)11-10-16(18)3/h10-11,14-15,27H,12-13H2,1-9H3,(H,29,35)(H,28,30,31). The highest BCUT2D eigenvalue weighted by Gasteiger charge is 2.24. The second-order valence-corrected chi connectivity index (χ2v) is 10.1. The molecule has 0 saturated heterocycles. The smallest absolute Gasteiger partial charge is 0.322 e. The van der Waals surface area contributed by atoms with E-state index in [0.717, 1.165) is 17.7 Å². The van der Waals surface area contributed by atoms with Gasteiger partial charge in [0, 0.05) is 26.2 Å². The third-order valence-corrected chi connectivity index (χ3v) is 5.72. The number of hydrogen-bond donors (Lipinski definition) is 3. The molecule has 1 aromatic carbocycles. The van der Waals surface area contributed by atoms with Crippen LogP contribution in [0.15, 0.2) is 18.2 Å². The Morgan fingerprint density at radius 1 is 1.05 bits per heavy atom. The molecular formula is C26H38N8O4. The first-order chi connectivity index (χ1) is 17.9. The van der Waals surface area contributed by atoms with Crippen LogP contribution < -0.4 is 30.2 Å². The van der Waals surface area contributed by atoms with E-state index in [4.69, 9.17) is 14.2 Å². The minimum atomic E-state index is -0.558. The van der Waals surface area contributed by atoms with Crippen molar-refractivity contribution in [3.8, 4) is 23.5 Å². The lowest BCUT2D eigenvalue weighted by molar-refractivity contribution is 0.101. The lowest BCUT2D eigenvalue weighted by atomic mass is 9.86. The SMILES string of the molecule is COc1nc(NCCNC(C)C)nc(OC)c1NC(=O)c1nnc(Oc2cc(C(C)(C)C)ccc2C)n1C. The molecule has 2 aromatic heterocycles. The lowest BCUT2D eigenvalue weighted by Gasteiger charge is -2.20. The fourth-order valence-corrected chi connectivity index (χ4v) is 3.48. The van der Waals surface area contributed by atoms with Gasteiger partial charge in [0.05, 0.1) is 14.2 Å². The van der Waals surface area contributed by atoms with Crippen LogP contribution in [0.1, 0.15) is 56.4 Å². The number of carbonyl (C=O) groups excluding carboxylic acids is 1. The maximum absolute atomic E-state index is 13.2. The van der Waals surface area contributed by atoms with E-state index in [-0.39, 0.29) is 34.7 Å². The number of anilines is 2. The van der Waals surface area contributed by atoms with Crippen molar-refractivity contribution in [1.29, 1.82) is 0 Å². The van der Waals surface area contributed by atoms with Crippen LogP contribution in [-0.4, -0.2) is 64.0 Å². The molecule has 0 aliphatic carbocycles. The summed E-state index contributed by atoms with van der Waals surface area (Å²) in [5.41, 5.74) is 2.18. The highest BCUT2D eigenvalue weighted by Crippen LogP contribution is 2.33. The summed E-state index contributed by atoms with van der Waals surface area (Å²) in [5, 5.41) is 17.3. The van der Waals surface area contributed by atoms with Gasteiger partial charge in [0.1, 0.15) is 5.75 Å². The largest absolute Gasteiger partial charge is 0.479 e. The van der Waals surface area contributed by atoms with Crippen molar-refractivity contribution in [2.75, 3.05) is 37.9 Å². The fourth-order valence-electron chi connectivity index (χ4n) is 3.48. The van der Waals surface area contributed by atoms with Gasteiger partial charge in [-0.3, -0.25) is 9.36 Å². The molecule has 0 spiro atoms. The molecule has 3 aromatic rings. The number of hydrogen-bond acceptors (Lipinski definition) is 10. The molecule has 12 nitrogen and oxygen atoms in total. The number of nitrogens with zero attached hydrogens (tertiary/aromatic N) is 5. The molecule has 1 amide bonds. The number of benzene rings is 1. The van der Waals surface area contributed by atoms with E-state index >= 15 is 0 Å². The Balaban J connectivity index is 1.80. The van der Waals surface area contributed by atoms with Crippen molar-refractivity contribution in [2.24, 2.45) is 7.05 Å². The van der Waals surface area contributed by atoms with Crippen molar-refractivity contribution < 1.29 is 19.0 Å². The average Bonchev–Trinajstić information content (AvgIpc) is 3.22. The van der Waals surface area contributed by atoms with Crippen molar-refractivity contribution in [3.05, 3.63) is 35.2 Å². The van der Waals surface area contributed by atoms with Crippen LogP contribution in [0.4, 0.5) is 11.6 Å². The fraction of sp³-hybridized carbons (Fsp3) is 0.500. The van der Waals surface area contributed by atoms with E-state index in [1.165, 1.54) is 18.8 Å². The summed E-state index contributed by atoms with van der Waals surface area (Å²) in [6.45, 7) is 13.8. The summed E-state index contributed by atoms with van der Waals surface area (Å²) in [5.74, 6) is 0.691. The normalized spacial score (nSPS) is 11.4. The molecule has 0 aliphatic heterocycles. The molecule has 0 fully saturated rings. The van der Waals surface area contributed by atoms with E-state index < -0.39 is 5.91 Å². The van der Waals surface area contributed by atoms with Crippen molar-refractivity contribution in [2.45, 2.75) is 53.0 Å². The van der Waals surface area contributed by atoms with Crippen LogP contribution in [-0.2, 0) is 12.5 Å². The molecule has 0 aliphatic rings. The highest BCUT2D eigenvalue weighted by atomic mass is 16.5.